The molecule has 0 unspecified atom stereocenters. The molecule has 2 heterocycles. The van der Waals surface area contributed by atoms with Gasteiger partial charge in [-0.15, -0.1) is 0 Å². The Kier molecular flexibility index (Phi) is 1.86. The van der Waals surface area contributed by atoms with Gasteiger partial charge in [-0.2, -0.15) is 0 Å². The number of H-pyrrole nitrogens is 1. The molecule has 0 spiro atoms. The first-order valence-corrected chi connectivity index (χ1v) is 5.45. The van der Waals surface area contributed by atoms with Gasteiger partial charge < -0.3 is 10.7 Å². The van der Waals surface area contributed by atoms with Gasteiger partial charge in [0.1, 0.15) is 11.5 Å². The van der Waals surface area contributed by atoms with Crippen molar-refractivity contribution in [1.29, 1.82) is 0 Å². The van der Waals surface area contributed by atoms with Crippen LogP contribution in [0.4, 0.5) is 5.82 Å². The van der Waals surface area contributed by atoms with Crippen LogP contribution in [0.2, 0.25) is 0 Å². The third-order valence-corrected chi connectivity index (χ3v) is 2.99. The summed E-state index contributed by atoms with van der Waals surface area (Å²) in [5.74, 6) is 0.626. The number of fused-ring (bicyclic) bond motifs is 3. The van der Waals surface area contributed by atoms with Crippen molar-refractivity contribution in [2.75, 3.05) is 5.73 Å². The number of nitrogens with one attached hydrogen (secondary N) is 1. The van der Waals surface area contributed by atoms with Gasteiger partial charge in [-0.3, -0.25) is 0 Å². The van der Waals surface area contributed by atoms with Gasteiger partial charge in [-0.25, -0.2) is 4.98 Å². The van der Waals surface area contributed by atoms with Gasteiger partial charge in [-0.1, -0.05) is 25.1 Å². The molecule has 0 atom stereocenters. The van der Waals surface area contributed by atoms with Crippen LogP contribution in [0.1, 0.15) is 12.5 Å². The fourth-order valence-corrected chi connectivity index (χ4v) is 2.11. The normalized spacial score (nSPS) is 11.3. The number of hydrogen-bond donors (Lipinski definition) is 2. The molecule has 3 N–H and O–H groups in total. The zero-order valence-corrected chi connectivity index (χ0v) is 9.12. The van der Waals surface area contributed by atoms with Crippen molar-refractivity contribution in [1.82, 2.24) is 9.97 Å². The van der Waals surface area contributed by atoms with Gasteiger partial charge in [0.2, 0.25) is 0 Å². The molecule has 0 aliphatic heterocycles. The summed E-state index contributed by atoms with van der Waals surface area (Å²) in [6, 6.07) is 10.3. The highest BCUT2D eigenvalue weighted by atomic mass is 14.9. The summed E-state index contributed by atoms with van der Waals surface area (Å²) in [5.41, 5.74) is 8.98. The number of anilines is 1. The van der Waals surface area contributed by atoms with Crippen molar-refractivity contribution in [3.63, 3.8) is 0 Å². The van der Waals surface area contributed by atoms with Gasteiger partial charge in [0, 0.05) is 16.3 Å². The van der Waals surface area contributed by atoms with E-state index in [0.29, 0.717) is 5.82 Å². The lowest BCUT2D eigenvalue weighted by Gasteiger charge is -2.01. The average molecular weight is 211 g/mol. The van der Waals surface area contributed by atoms with E-state index in [1.165, 1.54) is 5.39 Å². The molecular formula is C13H13N3. The number of aromatic nitrogens is 2. The zero-order chi connectivity index (χ0) is 11.1. The SMILES string of the molecule is CCc1cc2c(nc1N)[nH]c1ccccc12. The van der Waals surface area contributed by atoms with Crippen molar-refractivity contribution in [3.8, 4) is 0 Å². The van der Waals surface area contributed by atoms with Crippen molar-refractivity contribution in [2.45, 2.75) is 13.3 Å². The number of para-hydroxylation sites is 1. The number of aromatic amines is 1. The largest absolute Gasteiger partial charge is 0.383 e. The number of nitrogens with zero attached hydrogens (tertiary/aromatic N) is 1. The molecule has 0 aliphatic carbocycles. The molecule has 1 aromatic carbocycles. The Morgan fingerprint density at radius 1 is 1.25 bits per heavy atom. The number of rotatable bonds is 1. The Labute approximate surface area is 93.3 Å². The molecule has 3 nitrogen and oxygen atoms in total. The fraction of sp³-hybridized carbons (Fsp3) is 0.154. The Bertz CT molecular complexity index is 667. The van der Waals surface area contributed by atoms with E-state index in [2.05, 4.69) is 35.1 Å². The lowest BCUT2D eigenvalue weighted by atomic mass is 10.1. The third kappa shape index (κ3) is 1.18. The summed E-state index contributed by atoms with van der Waals surface area (Å²) in [4.78, 5) is 7.68. The summed E-state index contributed by atoms with van der Waals surface area (Å²) in [6.07, 6.45) is 0.911. The van der Waals surface area contributed by atoms with Gasteiger partial charge in [0.25, 0.3) is 0 Å². The first kappa shape index (κ1) is 9.21. The molecule has 3 aromatic rings. The maximum absolute atomic E-state index is 5.89. The minimum absolute atomic E-state index is 0.626. The standard InChI is InChI=1S/C13H13N3/c1-2-8-7-10-9-5-3-4-6-11(9)15-13(10)16-12(8)14/h3-7H,2H2,1H3,(H3,14,15,16). The van der Waals surface area contributed by atoms with E-state index in [1.807, 2.05) is 12.1 Å². The number of pyridine rings is 1. The summed E-state index contributed by atoms with van der Waals surface area (Å²) >= 11 is 0. The number of benzene rings is 1. The molecule has 2 aromatic heterocycles. The molecule has 3 heteroatoms. The molecule has 80 valence electrons. The molecule has 0 amide bonds. The van der Waals surface area contributed by atoms with Crippen molar-refractivity contribution < 1.29 is 0 Å². The van der Waals surface area contributed by atoms with Gasteiger partial charge >= 0.3 is 0 Å². The predicted molar refractivity (Wildman–Crippen MR) is 67.4 cm³/mol. The Morgan fingerprint density at radius 2 is 2.06 bits per heavy atom. The number of aryl methyl sites for hydroxylation is 1. The monoisotopic (exact) mass is 211 g/mol. The fourth-order valence-electron chi connectivity index (χ4n) is 2.11. The van der Waals surface area contributed by atoms with E-state index in [-0.39, 0.29) is 0 Å². The minimum atomic E-state index is 0.626. The second-order valence-corrected chi connectivity index (χ2v) is 3.95. The molecule has 16 heavy (non-hydrogen) atoms. The summed E-state index contributed by atoms with van der Waals surface area (Å²) < 4.78 is 0. The van der Waals surface area contributed by atoms with E-state index < -0.39 is 0 Å². The molecule has 0 radical (unpaired) electrons. The quantitative estimate of drug-likeness (QED) is 0.650. The number of nitrogens with two attached hydrogens (primary N) is 1. The van der Waals surface area contributed by atoms with E-state index in [0.717, 1.165) is 28.5 Å². The number of hydrogen-bond acceptors (Lipinski definition) is 2. The van der Waals surface area contributed by atoms with Crippen LogP contribution in [-0.2, 0) is 6.42 Å². The minimum Gasteiger partial charge on any atom is -0.383 e. The van der Waals surface area contributed by atoms with Crippen LogP contribution in [0.5, 0.6) is 0 Å². The topological polar surface area (TPSA) is 54.7 Å². The smallest absolute Gasteiger partial charge is 0.140 e. The van der Waals surface area contributed by atoms with Crippen LogP contribution in [0, 0.1) is 0 Å². The highest BCUT2D eigenvalue weighted by Gasteiger charge is 2.07. The molecule has 0 fully saturated rings. The third-order valence-electron chi connectivity index (χ3n) is 2.99. The first-order valence-electron chi connectivity index (χ1n) is 5.45. The lowest BCUT2D eigenvalue weighted by molar-refractivity contribution is 1.12. The number of nitrogen functional groups attached to an aromatic ring is 1. The Balaban J connectivity index is 2.47. The van der Waals surface area contributed by atoms with Crippen molar-refractivity contribution >= 4 is 27.8 Å². The second kappa shape index (κ2) is 3.23. The predicted octanol–water partition coefficient (Wildman–Crippen LogP) is 2.86. The van der Waals surface area contributed by atoms with Crippen LogP contribution >= 0.6 is 0 Å². The van der Waals surface area contributed by atoms with Gasteiger partial charge in [0.05, 0.1) is 0 Å². The second-order valence-electron chi connectivity index (χ2n) is 3.95. The highest BCUT2D eigenvalue weighted by molar-refractivity contribution is 6.06. The van der Waals surface area contributed by atoms with Crippen LogP contribution in [0.3, 0.4) is 0 Å². The van der Waals surface area contributed by atoms with E-state index >= 15 is 0 Å². The van der Waals surface area contributed by atoms with E-state index in [1.54, 1.807) is 0 Å². The summed E-state index contributed by atoms with van der Waals surface area (Å²) in [5, 5.41) is 2.36. The zero-order valence-electron chi connectivity index (χ0n) is 9.12. The lowest BCUT2D eigenvalue weighted by Crippen LogP contribution is -1.96. The maximum Gasteiger partial charge on any atom is 0.140 e. The van der Waals surface area contributed by atoms with Crippen molar-refractivity contribution in [3.05, 3.63) is 35.9 Å². The average Bonchev–Trinajstić information content (AvgIpc) is 2.65. The molecule has 0 saturated carbocycles. The molecule has 0 saturated heterocycles. The van der Waals surface area contributed by atoms with Crippen molar-refractivity contribution in [2.24, 2.45) is 0 Å². The Hall–Kier alpha value is -2.03. The summed E-state index contributed by atoms with van der Waals surface area (Å²) in [7, 11) is 0. The van der Waals surface area contributed by atoms with E-state index in [9.17, 15) is 0 Å². The van der Waals surface area contributed by atoms with E-state index in [4.69, 9.17) is 5.73 Å². The van der Waals surface area contributed by atoms with Crippen LogP contribution in [0.15, 0.2) is 30.3 Å². The first-order chi connectivity index (χ1) is 7.79. The van der Waals surface area contributed by atoms with Crippen LogP contribution < -0.4 is 5.73 Å². The van der Waals surface area contributed by atoms with Crippen LogP contribution in [0.25, 0.3) is 21.9 Å². The molecule has 0 bridgehead atoms. The molecular weight excluding hydrogens is 198 g/mol. The Morgan fingerprint density at radius 3 is 2.88 bits per heavy atom. The van der Waals surface area contributed by atoms with Crippen LogP contribution in [-0.4, -0.2) is 9.97 Å². The molecule has 0 aliphatic rings. The summed E-state index contributed by atoms with van der Waals surface area (Å²) in [6.45, 7) is 2.09. The van der Waals surface area contributed by atoms with Gasteiger partial charge in [-0.05, 0) is 24.1 Å². The van der Waals surface area contributed by atoms with Gasteiger partial charge in [0.15, 0.2) is 0 Å². The molecule has 3 rings (SSSR count). The highest BCUT2D eigenvalue weighted by Crippen LogP contribution is 2.26. The maximum atomic E-state index is 5.89.